The molecule has 2 aromatic carbocycles. The second-order valence-corrected chi connectivity index (χ2v) is 5.18. The van der Waals surface area contributed by atoms with Crippen molar-refractivity contribution in [3.8, 4) is 5.75 Å². The number of hydrogen-bond donors (Lipinski definition) is 2. The zero-order valence-corrected chi connectivity index (χ0v) is 13.0. The van der Waals surface area contributed by atoms with Crippen molar-refractivity contribution < 1.29 is 9.13 Å². The number of nitrogens with one attached hydrogen (secondary N) is 1. The Morgan fingerprint density at radius 2 is 2.18 bits per heavy atom. The third-order valence-corrected chi connectivity index (χ3v) is 3.10. The Bertz CT molecular complexity index is 709. The van der Waals surface area contributed by atoms with Crippen molar-refractivity contribution >= 4 is 35.1 Å². The molecule has 0 saturated heterocycles. The van der Waals surface area contributed by atoms with E-state index in [2.05, 4.69) is 22.7 Å². The number of hydrazone groups is 1. The first-order valence-corrected chi connectivity index (χ1v) is 7.08. The minimum Gasteiger partial charge on any atom is -0.489 e. The number of rotatable bonds is 5. The minimum absolute atomic E-state index is 0.0922. The molecule has 0 atom stereocenters. The monoisotopic (exact) mass is 337 g/mol. The Morgan fingerprint density at radius 3 is 2.91 bits per heavy atom. The van der Waals surface area contributed by atoms with Gasteiger partial charge in [-0.2, -0.15) is 5.10 Å². The Kier molecular flexibility index (Phi) is 5.68. The number of halogens is 2. The summed E-state index contributed by atoms with van der Waals surface area (Å²) in [5.74, 6) is 0.261. The van der Waals surface area contributed by atoms with Gasteiger partial charge in [-0.15, -0.1) is 0 Å². The average Bonchev–Trinajstić information content (AvgIpc) is 2.46. The summed E-state index contributed by atoms with van der Waals surface area (Å²) in [6.07, 6.45) is 1.57. The fraction of sp³-hybridized carbons (Fsp3) is 0.0667. The van der Waals surface area contributed by atoms with Crippen LogP contribution in [-0.2, 0) is 6.61 Å². The van der Waals surface area contributed by atoms with E-state index in [0.29, 0.717) is 16.3 Å². The molecule has 0 aromatic heterocycles. The van der Waals surface area contributed by atoms with Crippen LogP contribution in [0.25, 0.3) is 0 Å². The Labute approximate surface area is 137 Å². The molecule has 0 heterocycles. The molecular formula is C15H13ClFN3OS. The molecule has 3 N–H and O–H groups in total. The summed E-state index contributed by atoms with van der Waals surface area (Å²) in [6.45, 7) is 0.241. The zero-order valence-electron chi connectivity index (χ0n) is 11.4. The van der Waals surface area contributed by atoms with Crippen LogP contribution in [0, 0.1) is 5.82 Å². The molecule has 7 heteroatoms. The molecule has 0 radical (unpaired) electrons. The van der Waals surface area contributed by atoms with Crippen molar-refractivity contribution in [3.05, 3.63) is 64.4 Å². The van der Waals surface area contributed by atoms with E-state index in [4.69, 9.17) is 22.1 Å². The van der Waals surface area contributed by atoms with Crippen molar-refractivity contribution in [2.45, 2.75) is 6.61 Å². The maximum atomic E-state index is 13.0. The van der Waals surface area contributed by atoms with Gasteiger partial charge in [0.2, 0.25) is 0 Å². The van der Waals surface area contributed by atoms with Gasteiger partial charge in [0.25, 0.3) is 0 Å². The molecule has 0 saturated carbocycles. The first kappa shape index (κ1) is 16.2. The molecule has 0 amide bonds. The summed E-state index contributed by atoms with van der Waals surface area (Å²) in [5, 5.41) is 4.29. The molecule has 2 aromatic rings. The van der Waals surface area contributed by atoms with Crippen LogP contribution in [-0.4, -0.2) is 11.3 Å². The SMILES string of the molecule is NC(=S)NN=Cc1cccc(OCc2ccc(F)cc2Cl)c1. The molecule has 0 bridgehead atoms. The Hall–Kier alpha value is -2.18. The number of ether oxygens (including phenoxy) is 1. The van der Waals surface area contributed by atoms with Crippen molar-refractivity contribution in [2.24, 2.45) is 10.8 Å². The number of nitrogens with zero attached hydrogens (tertiary/aromatic N) is 1. The summed E-state index contributed by atoms with van der Waals surface area (Å²) in [5.41, 5.74) is 9.25. The van der Waals surface area contributed by atoms with E-state index in [0.717, 1.165) is 5.56 Å². The van der Waals surface area contributed by atoms with Crippen LogP contribution in [0.1, 0.15) is 11.1 Å². The van der Waals surface area contributed by atoms with Crippen molar-refractivity contribution in [1.82, 2.24) is 5.43 Å². The van der Waals surface area contributed by atoms with E-state index in [9.17, 15) is 4.39 Å². The Morgan fingerprint density at radius 1 is 1.36 bits per heavy atom. The minimum atomic E-state index is -0.378. The lowest BCUT2D eigenvalue weighted by Gasteiger charge is -2.08. The largest absolute Gasteiger partial charge is 0.489 e. The molecular weight excluding hydrogens is 325 g/mol. The van der Waals surface area contributed by atoms with Crippen LogP contribution in [0.5, 0.6) is 5.75 Å². The summed E-state index contributed by atoms with van der Waals surface area (Å²) >= 11 is 10.6. The van der Waals surface area contributed by atoms with Gasteiger partial charge in [0.1, 0.15) is 18.2 Å². The van der Waals surface area contributed by atoms with Gasteiger partial charge in [-0.05, 0) is 42.0 Å². The first-order chi connectivity index (χ1) is 10.5. The molecule has 0 aliphatic heterocycles. The molecule has 22 heavy (non-hydrogen) atoms. The van der Waals surface area contributed by atoms with E-state index < -0.39 is 0 Å². The molecule has 0 unspecified atom stereocenters. The fourth-order valence-electron chi connectivity index (χ4n) is 1.65. The van der Waals surface area contributed by atoms with Gasteiger partial charge in [-0.3, -0.25) is 5.43 Å². The van der Waals surface area contributed by atoms with E-state index in [-0.39, 0.29) is 17.5 Å². The molecule has 0 spiro atoms. The van der Waals surface area contributed by atoms with E-state index in [1.807, 2.05) is 12.1 Å². The lowest BCUT2D eigenvalue weighted by Crippen LogP contribution is -2.23. The van der Waals surface area contributed by atoms with E-state index in [1.165, 1.54) is 12.1 Å². The predicted molar refractivity (Wildman–Crippen MR) is 89.7 cm³/mol. The molecule has 0 aliphatic carbocycles. The van der Waals surface area contributed by atoms with Crippen LogP contribution in [0.15, 0.2) is 47.6 Å². The summed E-state index contributed by atoms with van der Waals surface area (Å²) in [4.78, 5) is 0. The van der Waals surface area contributed by atoms with Crippen LogP contribution in [0.3, 0.4) is 0 Å². The second-order valence-electron chi connectivity index (χ2n) is 4.33. The molecule has 0 aliphatic rings. The zero-order chi connectivity index (χ0) is 15.9. The van der Waals surface area contributed by atoms with Gasteiger partial charge in [0.15, 0.2) is 5.11 Å². The van der Waals surface area contributed by atoms with Gasteiger partial charge in [0.05, 0.1) is 11.2 Å². The quantitative estimate of drug-likeness (QED) is 0.499. The van der Waals surface area contributed by atoms with Gasteiger partial charge in [0, 0.05) is 5.56 Å². The van der Waals surface area contributed by atoms with Gasteiger partial charge >= 0.3 is 0 Å². The van der Waals surface area contributed by atoms with Crippen LogP contribution >= 0.6 is 23.8 Å². The highest BCUT2D eigenvalue weighted by Crippen LogP contribution is 2.20. The lowest BCUT2D eigenvalue weighted by atomic mass is 10.2. The van der Waals surface area contributed by atoms with Gasteiger partial charge in [-0.1, -0.05) is 29.8 Å². The third-order valence-electron chi connectivity index (χ3n) is 2.66. The number of hydrogen-bond acceptors (Lipinski definition) is 3. The van der Waals surface area contributed by atoms with Gasteiger partial charge < -0.3 is 10.5 Å². The number of thiocarbonyl (C=S) groups is 1. The topological polar surface area (TPSA) is 59.6 Å². The van der Waals surface area contributed by atoms with Gasteiger partial charge in [-0.25, -0.2) is 4.39 Å². The van der Waals surface area contributed by atoms with E-state index >= 15 is 0 Å². The van der Waals surface area contributed by atoms with Crippen LogP contribution < -0.4 is 15.9 Å². The van der Waals surface area contributed by atoms with Crippen LogP contribution in [0.4, 0.5) is 4.39 Å². The maximum absolute atomic E-state index is 13.0. The van der Waals surface area contributed by atoms with E-state index in [1.54, 1.807) is 24.4 Å². The highest BCUT2D eigenvalue weighted by atomic mass is 35.5. The number of nitrogens with two attached hydrogens (primary N) is 1. The normalized spacial score (nSPS) is 10.6. The maximum Gasteiger partial charge on any atom is 0.184 e. The van der Waals surface area contributed by atoms with Crippen molar-refractivity contribution in [2.75, 3.05) is 0 Å². The highest BCUT2D eigenvalue weighted by Gasteiger charge is 2.03. The highest BCUT2D eigenvalue weighted by molar-refractivity contribution is 7.80. The van der Waals surface area contributed by atoms with Crippen molar-refractivity contribution in [3.63, 3.8) is 0 Å². The molecule has 114 valence electrons. The summed E-state index contributed by atoms with van der Waals surface area (Å²) < 4.78 is 18.6. The fourth-order valence-corrected chi connectivity index (χ4v) is 1.93. The summed E-state index contributed by atoms with van der Waals surface area (Å²) in [6, 6.07) is 11.5. The van der Waals surface area contributed by atoms with Crippen LogP contribution in [0.2, 0.25) is 5.02 Å². The standard InChI is InChI=1S/C15H13ClFN3OS/c16-14-7-12(17)5-4-11(14)9-21-13-3-1-2-10(6-13)8-19-20-15(18)22/h1-8H,9H2,(H3,18,20,22). The third kappa shape index (κ3) is 4.98. The molecule has 0 fully saturated rings. The van der Waals surface area contributed by atoms with Crippen molar-refractivity contribution in [1.29, 1.82) is 0 Å². The lowest BCUT2D eigenvalue weighted by molar-refractivity contribution is 0.306. The second kappa shape index (κ2) is 7.72. The first-order valence-electron chi connectivity index (χ1n) is 6.30. The number of benzene rings is 2. The summed E-state index contributed by atoms with van der Waals surface area (Å²) in [7, 11) is 0. The predicted octanol–water partition coefficient (Wildman–Crippen LogP) is 3.23. The average molecular weight is 338 g/mol. The molecule has 4 nitrogen and oxygen atoms in total. The molecule has 2 rings (SSSR count). The Balaban J connectivity index is 2.01. The smallest absolute Gasteiger partial charge is 0.184 e.